The van der Waals surface area contributed by atoms with Gasteiger partial charge in [0, 0.05) is 11.3 Å². The van der Waals surface area contributed by atoms with E-state index in [0.29, 0.717) is 29.4 Å². The van der Waals surface area contributed by atoms with Crippen LogP contribution in [0, 0.1) is 6.92 Å². The van der Waals surface area contributed by atoms with E-state index >= 15 is 0 Å². The van der Waals surface area contributed by atoms with Gasteiger partial charge in [0.15, 0.2) is 18.1 Å². The minimum Gasteiger partial charge on any atom is -0.493 e. The molecule has 0 saturated carbocycles. The maximum absolute atomic E-state index is 12.4. The molecule has 2 amide bonds. The second-order valence-corrected chi connectivity index (χ2v) is 7.27. The summed E-state index contributed by atoms with van der Waals surface area (Å²) in [5.74, 6) is 0.966. The van der Waals surface area contributed by atoms with Crippen molar-refractivity contribution in [1.82, 2.24) is 5.43 Å². The molecule has 0 aliphatic rings. The maximum atomic E-state index is 12.4. The van der Waals surface area contributed by atoms with E-state index in [1.807, 2.05) is 38.1 Å². The van der Waals surface area contributed by atoms with Crippen LogP contribution in [-0.4, -0.2) is 38.4 Å². The first kappa shape index (κ1) is 24.3. The molecular formula is C26H27N3O5. The molecule has 0 aromatic heterocycles. The van der Waals surface area contributed by atoms with Gasteiger partial charge in [0.25, 0.3) is 11.8 Å². The minimum absolute atomic E-state index is 0.108. The number of carbonyl (C=O) groups excluding carboxylic acids is 2. The zero-order valence-corrected chi connectivity index (χ0v) is 19.3. The van der Waals surface area contributed by atoms with Crippen molar-refractivity contribution in [3.05, 3.63) is 83.4 Å². The number of hydrogen-bond acceptors (Lipinski definition) is 6. The highest BCUT2D eigenvalue weighted by atomic mass is 16.5. The number of nitrogens with zero attached hydrogens (tertiary/aromatic N) is 1. The SMILES string of the molecule is CCOc1cc(C(=O)N/N=C/c2ccc(OCC(=O)Nc3cccc(C)c3)cc2)ccc1OC. The topological polar surface area (TPSA) is 98.3 Å². The summed E-state index contributed by atoms with van der Waals surface area (Å²) < 4.78 is 16.2. The lowest BCUT2D eigenvalue weighted by molar-refractivity contribution is -0.118. The molecule has 0 bridgehead atoms. The average molecular weight is 462 g/mol. The largest absolute Gasteiger partial charge is 0.493 e. The minimum atomic E-state index is -0.376. The smallest absolute Gasteiger partial charge is 0.271 e. The molecule has 3 aromatic rings. The van der Waals surface area contributed by atoms with Crippen LogP contribution in [0.5, 0.6) is 17.2 Å². The summed E-state index contributed by atoms with van der Waals surface area (Å²) in [5.41, 5.74) is 5.42. The molecule has 0 aliphatic heterocycles. The third kappa shape index (κ3) is 7.09. The maximum Gasteiger partial charge on any atom is 0.271 e. The molecule has 0 heterocycles. The monoisotopic (exact) mass is 461 g/mol. The third-order valence-electron chi connectivity index (χ3n) is 4.66. The zero-order chi connectivity index (χ0) is 24.3. The number of hydrogen-bond donors (Lipinski definition) is 2. The van der Waals surface area contributed by atoms with Crippen LogP contribution in [-0.2, 0) is 4.79 Å². The van der Waals surface area contributed by atoms with E-state index in [-0.39, 0.29) is 18.4 Å². The molecule has 8 nitrogen and oxygen atoms in total. The van der Waals surface area contributed by atoms with Crippen molar-refractivity contribution in [1.29, 1.82) is 0 Å². The van der Waals surface area contributed by atoms with E-state index in [1.54, 1.807) is 49.6 Å². The van der Waals surface area contributed by atoms with Gasteiger partial charge >= 0.3 is 0 Å². The fourth-order valence-electron chi connectivity index (χ4n) is 3.04. The van der Waals surface area contributed by atoms with E-state index in [0.717, 1.165) is 16.8 Å². The fraction of sp³-hybridized carbons (Fsp3) is 0.192. The summed E-state index contributed by atoms with van der Waals surface area (Å²) in [4.78, 5) is 24.4. The first-order chi connectivity index (χ1) is 16.5. The van der Waals surface area contributed by atoms with Crippen LogP contribution < -0.4 is 25.0 Å². The number of aryl methyl sites for hydroxylation is 1. The van der Waals surface area contributed by atoms with Gasteiger partial charge in [-0.2, -0.15) is 5.10 Å². The standard InChI is InChI=1S/C26H27N3O5/c1-4-33-24-15-20(10-13-23(24)32-3)26(31)29-27-16-19-8-11-22(12-9-19)34-17-25(30)28-21-7-5-6-18(2)14-21/h5-16H,4,17H2,1-3H3,(H,28,30)(H,29,31)/b27-16+. The van der Waals surface area contributed by atoms with Crippen molar-refractivity contribution in [2.45, 2.75) is 13.8 Å². The van der Waals surface area contributed by atoms with E-state index in [4.69, 9.17) is 14.2 Å². The summed E-state index contributed by atoms with van der Waals surface area (Å²) in [5, 5.41) is 6.79. The molecule has 8 heteroatoms. The Morgan fingerprint density at radius 3 is 2.47 bits per heavy atom. The lowest BCUT2D eigenvalue weighted by Gasteiger charge is -2.10. The molecule has 0 fully saturated rings. The van der Waals surface area contributed by atoms with Crippen molar-refractivity contribution in [3.8, 4) is 17.2 Å². The first-order valence-corrected chi connectivity index (χ1v) is 10.7. The Morgan fingerprint density at radius 2 is 1.76 bits per heavy atom. The molecule has 0 saturated heterocycles. The molecule has 0 spiro atoms. The Bertz CT molecular complexity index is 1160. The van der Waals surface area contributed by atoms with Crippen LogP contribution in [0.3, 0.4) is 0 Å². The number of amides is 2. The molecule has 3 aromatic carbocycles. The van der Waals surface area contributed by atoms with Crippen LogP contribution in [0.15, 0.2) is 71.8 Å². The molecule has 0 atom stereocenters. The number of nitrogens with one attached hydrogen (secondary N) is 2. The number of rotatable bonds is 10. The number of hydrazone groups is 1. The molecular weight excluding hydrogens is 434 g/mol. The average Bonchev–Trinajstić information content (AvgIpc) is 2.83. The van der Waals surface area contributed by atoms with Gasteiger partial charge < -0.3 is 19.5 Å². The van der Waals surface area contributed by atoms with Gasteiger partial charge in [-0.15, -0.1) is 0 Å². The lowest BCUT2D eigenvalue weighted by Crippen LogP contribution is -2.20. The summed E-state index contributed by atoms with van der Waals surface area (Å²) in [6.07, 6.45) is 1.51. The summed E-state index contributed by atoms with van der Waals surface area (Å²) in [6, 6.07) is 19.4. The van der Waals surface area contributed by atoms with Crippen molar-refractivity contribution in [2.75, 3.05) is 25.6 Å². The van der Waals surface area contributed by atoms with Crippen molar-refractivity contribution in [3.63, 3.8) is 0 Å². The normalized spacial score (nSPS) is 10.6. The molecule has 2 N–H and O–H groups in total. The number of benzene rings is 3. The second-order valence-electron chi connectivity index (χ2n) is 7.27. The number of anilines is 1. The predicted molar refractivity (Wildman–Crippen MR) is 131 cm³/mol. The van der Waals surface area contributed by atoms with Gasteiger partial charge in [-0.05, 0) is 79.6 Å². The van der Waals surface area contributed by atoms with Crippen LogP contribution >= 0.6 is 0 Å². The molecule has 176 valence electrons. The van der Waals surface area contributed by atoms with Crippen molar-refractivity contribution >= 4 is 23.7 Å². The summed E-state index contributed by atoms with van der Waals surface area (Å²) in [6.45, 7) is 4.16. The van der Waals surface area contributed by atoms with Crippen LogP contribution in [0.25, 0.3) is 0 Å². The number of ether oxygens (including phenoxy) is 3. The number of carbonyl (C=O) groups is 2. The van der Waals surface area contributed by atoms with Gasteiger partial charge in [-0.3, -0.25) is 9.59 Å². The highest BCUT2D eigenvalue weighted by molar-refractivity contribution is 5.95. The third-order valence-corrected chi connectivity index (χ3v) is 4.66. The quantitative estimate of drug-likeness (QED) is 0.349. The van der Waals surface area contributed by atoms with Gasteiger partial charge in [-0.1, -0.05) is 12.1 Å². The number of methoxy groups -OCH3 is 1. The Hall–Kier alpha value is -4.33. The fourth-order valence-corrected chi connectivity index (χ4v) is 3.04. The first-order valence-electron chi connectivity index (χ1n) is 10.7. The Labute approximate surface area is 198 Å². The molecule has 0 radical (unpaired) electrons. The van der Waals surface area contributed by atoms with Gasteiger partial charge in [-0.25, -0.2) is 5.43 Å². The van der Waals surface area contributed by atoms with Crippen molar-refractivity contribution < 1.29 is 23.8 Å². The lowest BCUT2D eigenvalue weighted by atomic mass is 10.2. The predicted octanol–water partition coefficient (Wildman–Crippen LogP) is 4.18. The van der Waals surface area contributed by atoms with Gasteiger partial charge in [0.1, 0.15) is 5.75 Å². The van der Waals surface area contributed by atoms with Crippen LogP contribution in [0.4, 0.5) is 5.69 Å². The van der Waals surface area contributed by atoms with E-state index in [9.17, 15) is 9.59 Å². The Kier molecular flexibility index (Phi) is 8.62. The van der Waals surface area contributed by atoms with E-state index in [1.165, 1.54) is 6.21 Å². The van der Waals surface area contributed by atoms with E-state index in [2.05, 4.69) is 15.8 Å². The highest BCUT2D eigenvalue weighted by Gasteiger charge is 2.10. The van der Waals surface area contributed by atoms with Gasteiger partial charge in [0.2, 0.25) is 0 Å². The molecule has 0 aliphatic carbocycles. The zero-order valence-electron chi connectivity index (χ0n) is 19.3. The highest BCUT2D eigenvalue weighted by Crippen LogP contribution is 2.28. The van der Waals surface area contributed by atoms with Gasteiger partial charge in [0.05, 0.1) is 19.9 Å². The van der Waals surface area contributed by atoms with E-state index < -0.39 is 0 Å². The van der Waals surface area contributed by atoms with Crippen LogP contribution in [0.2, 0.25) is 0 Å². The summed E-state index contributed by atoms with van der Waals surface area (Å²) >= 11 is 0. The van der Waals surface area contributed by atoms with Crippen molar-refractivity contribution in [2.24, 2.45) is 5.10 Å². The summed E-state index contributed by atoms with van der Waals surface area (Å²) in [7, 11) is 1.54. The van der Waals surface area contributed by atoms with Crippen LogP contribution in [0.1, 0.15) is 28.4 Å². The second kappa shape index (κ2) is 12.1. The Morgan fingerprint density at radius 1 is 0.971 bits per heavy atom. The molecule has 3 rings (SSSR count). The molecule has 0 unspecified atom stereocenters. The Balaban J connectivity index is 1.49. The molecule has 34 heavy (non-hydrogen) atoms.